The molecule has 0 unspecified atom stereocenters. The zero-order valence-corrected chi connectivity index (χ0v) is 16.7. The second-order valence-electron chi connectivity index (χ2n) is 6.31. The Bertz CT molecular complexity index is 1270. The summed E-state index contributed by atoms with van der Waals surface area (Å²) in [6, 6.07) is 27.3. The molecule has 0 radical (unpaired) electrons. The van der Waals surface area contributed by atoms with Gasteiger partial charge in [-0.05, 0) is 36.4 Å². The summed E-state index contributed by atoms with van der Waals surface area (Å²) in [7, 11) is 0. The zero-order chi connectivity index (χ0) is 19.6. The number of nitrogens with zero attached hydrogens (tertiary/aromatic N) is 3. The second kappa shape index (κ2) is 7.70. The lowest BCUT2D eigenvalue weighted by atomic mass is 10.2. The van der Waals surface area contributed by atoms with Gasteiger partial charge in [-0.1, -0.05) is 71.9 Å². The molecule has 3 aromatic carbocycles. The monoisotopic (exact) mass is 415 g/mol. The van der Waals surface area contributed by atoms with E-state index in [9.17, 15) is 0 Å². The quantitative estimate of drug-likeness (QED) is 0.303. The highest BCUT2D eigenvalue weighted by molar-refractivity contribution is 7.99. The Morgan fingerprint density at radius 3 is 2.03 bits per heavy atom. The van der Waals surface area contributed by atoms with E-state index in [2.05, 4.69) is 9.97 Å². The number of fused-ring (bicyclic) bond motifs is 1. The summed E-state index contributed by atoms with van der Waals surface area (Å²) in [6.45, 7) is 0. The van der Waals surface area contributed by atoms with Gasteiger partial charge in [0.05, 0.1) is 0 Å². The Balaban J connectivity index is 1.67. The van der Waals surface area contributed by atoms with Gasteiger partial charge in [0.2, 0.25) is 17.1 Å². The summed E-state index contributed by atoms with van der Waals surface area (Å²) in [5.74, 6) is 1.14. The smallest absolute Gasteiger partial charge is 0.229 e. The van der Waals surface area contributed by atoms with Gasteiger partial charge in [-0.2, -0.15) is 4.98 Å². The van der Waals surface area contributed by atoms with Crippen LogP contribution in [-0.4, -0.2) is 15.0 Å². The number of hydrogen-bond acceptors (Lipinski definition) is 5. The fourth-order valence-corrected chi connectivity index (χ4v) is 3.88. The molecular formula is C23H14ClN3OS. The molecule has 6 heteroatoms. The van der Waals surface area contributed by atoms with E-state index in [4.69, 9.17) is 21.0 Å². The largest absolute Gasteiger partial charge is 0.431 e. The Morgan fingerprint density at radius 2 is 1.34 bits per heavy atom. The SMILES string of the molecule is Clc1ccc(Sc2nc(-c3ccccc3)nc3nc(-c4ccccc4)oc23)cc1. The standard InChI is InChI=1S/C23H14ClN3OS/c24-17-11-13-18(14-12-17)29-23-19-21(25-20(27-23)15-7-3-1-4-8-15)26-22(28-19)16-9-5-2-6-10-16/h1-14H. The van der Waals surface area contributed by atoms with Crippen LogP contribution in [-0.2, 0) is 0 Å². The summed E-state index contributed by atoms with van der Waals surface area (Å²) in [5, 5.41) is 1.41. The van der Waals surface area contributed by atoms with Gasteiger partial charge in [0, 0.05) is 21.0 Å². The molecule has 0 aliphatic rings. The maximum atomic E-state index is 6.09. The molecule has 4 nitrogen and oxygen atoms in total. The van der Waals surface area contributed by atoms with Crippen molar-refractivity contribution in [1.29, 1.82) is 0 Å². The Hall–Kier alpha value is -3.15. The molecular weight excluding hydrogens is 402 g/mol. The maximum absolute atomic E-state index is 6.09. The fraction of sp³-hybridized carbons (Fsp3) is 0. The van der Waals surface area contributed by atoms with E-state index in [0.717, 1.165) is 16.0 Å². The first-order valence-electron chi connectivity index (χ1n) is 8.99. The average molecular weight is 416 g/mol. The summed E-state index contributed by atoms with van der Waals surface area (Å²) in [6.07, 6.45) is 0. The van der Waals surface area contributed by atoms with E-state index in [0.29, 0.717) is 33.0 Å². The molecule has 0 aliphatic heterocycles. The third kappa shape index (κ3) is 3.75. The molecule has 0 amide bonds. The minimum Gasteiger partial charge on any atom is -0.431 e. The van der Waals surface area contributed by atoms with Crippen molar-refractivity contribution in [2.75, 3.05) is 0 Å². The molecule has 0 N–H and O–H groups in total. The van der Waals surface area contributed by atoms with Gasteiger partial charge in [0.15, 0.2) is 10.9 Å². The van der Waals surface area contributed by atoms with Gasteiger partial charge in [-0.25, -0.2) is 9.97 Å². The third-order valence-electron chi connectivity index (χ3n) is 4.30. The Morgan fingerprint density at radius 1 is 0.690 bits per heavy atom. The first-order valence-corrected chi connectivity index (χ1v) is 10.2. The highest BCUT2D eigenvalue weighted by Crippen LogP contribution is 2.35. The third-order valence-corrected chi connectivity index (χ3v) is 5.53. The maximum Gasteiger partial charge on any atom is 0.229 e. The zero-order valence-electron chi connectivity index (χ0n) is 15.1. The normalized spacial score (nSPS) is 11.1. The van der Waals surface area contributed by atoms with E-state index in [-0.39, 0.29) is 0 Å². The van der Waals surface area contributed by atoms with Crippen molar-refractivity contribution in [3.63, 3.8) is 0 Å². The highest BCUT2D eigenvalue weighted by atomic mass is 35.5. The van der Waals surface area contributed by atoms with Crippen LogP contribution in [0.1, 0.15) is 0 Å². The topological polar surface area (TPSA) is 51.8 Å². The van der Waals surface area contributed by atoms with Gasteiger partial charge < -0.3 is 4.42 Å². The lowest BCUT2D eigenvalue weighted by molar-refractivity contribution is 0.609. The van der Waals surface area contributed by atoms with Gasteiger partial charge >= 0.3 is 0 Å². The van der Waals surface area contributed by atoms with Crippen molar-refractivity contribution in [3.8, 4) is 22.8 Å². The average Bonchev–Trinajstić information content (AvgIpc) is 3.21. The van der Waals surface area contributed by atoms with Crippen LogP contribution in [0.3, 0.4) is 0 Å². The Kier molecular flexibility index (Phi) is 4.76. The second-order valence-corrected chi connectivity index (χ2v) is 7.81. The molecule has 5 aromatic rings. The predicted octanol–water partition coefficient (Wildman–Crippen LogP) is 6.76. The fourth-order valence-electron chi connectivity index (χ4n) is 2.90. The lowest BCUT2D eigenvalue weighted by Gasteiger charge is -2.05. The molecule has 2 aromatic heterocycles. The van der Waals surface area contributed by atoms with E-state index in [1.54, 1.807) is 0 Å². The predicted molar refractivity (Wildman–Crippen MR) is 116 cm³/mol. The summed E-state index contributed by atoms with van der Waals surface area (Å²) in [5.41, 5.74) is 2.93. The van der Waals surface area contributed by atoms with Gasteiger partial charge in [0.25, 0.3) is 0 Å². The molecule has 29 heavy (non-hydrogen) atoms. The summed E-state index contributed by atoms with van der Waals surface area (Å²) in [4.78, 5) is 15.1. The Labute approximate surface area is 176 Å². The number of aromatic nitrogens is 3. The molecule has 5 rings (SSSR count). The molecule has 2 heterocycles. The van der Waals surface area contributed by atoms with E-state index < -0.39 is 0 Å². The molecule has 0 atom stereocenters. The van der Waals surface area contributed by atoms with Crippen LogP contribution < -0.4 is 0 Å². The summed E-state index contributed by atoms with van der Waals surface area (Å²) < 4.78 is 6.09. The molecule has 0 aliphatic carbocycles. The molecule has 140 valence electrons. The number of benzene rings is 3. The van der Waals surface area contributed by atoms with Crippen LogP contribution in [0, 0.1) is 0 Å². The van der Waals surface area contributed by atoms with Crippen molar-refractivity contribution in [1.82, 2.24) is 15.0 Å². The lowest BCUT2D eigenvalue weighted by Crippen LogP contribution is -1.92. The van der Waals surface area contributed by atoms with Crippen LogP contribution in [0.2, 0.25) is 5.02 Å². The molecule has 0 bridgehead atoms. The number of oxazole rings is 1. The molecule has 0 spiro atoms. The van der Waals surface area contributed by atoms with Crippen LogP contribution in [0.4, 0.5) is 0 Å². The van der Waals surface area contributed by atoms with Crippen molar-refractivity contribution < 1.29 is 4.42 Å². The molecule has 0 fully saturated rings. The first kappa shape index (κ1) is 17.9. The van der Waals surface area contributed by atoms with Crippen LogP contribution >= 0.6 is 23.4 Å². The van der Waals surface area contributed by atoms with Gasteiger partial charge in [-0.3, -0.25) is 0 Å². The van der Waals surface area contributed by atoms with Gasteiger partial charge in [0.1, 0.15) is 0 Å². The summed E-state index contributed by atoms with van der Waals surface area (Å²) >= 11 is 7.52. The number of halogens is 1. The minimum atomic E-state index is 0.526. The van der Waals surface area contributed by atoms with Crippen molar-refractivity contribution >= 4 is 34.6 Å². The van der Waals surface area contributed by atoms with E-state index in [1.807, 2.05) is 84.9 Å². The van der Waals surface area contributed by atoms with Crippen LogP contribution in [0.15, 0.2) is 99.3 Å². The first-order chi connectivity index (χ1) is 14.3. The van der Waals surface area contributed by atoms with Crippen molar-refractivity contribution in [2.45, 2.75) is 9.92 Å². The molecule has 0 saturated carbocycles. The highest BCUT2D eigenvalue weighted by Gasteiger charge is 2.18. The van der Waals surface area contributed by atoms with Gasteiger partial charge in [-0.15, -0.1) is 0 Å². The number of rotatable bonds is 4. The van der Waals surface area contributed by atoms with E-state index >= 15 is 0 Å². The number of hydrogen-bond donors (Lipinski definition) is 0. The minimum absolute atomic E-state index is 0.526. The van der Waals surface area contributed by atoms with Crippen molar-refractivity contribution in [2.24, 2.45) is 0 Å². The molecule has 0 saturated heterocycles. The van der Waals surface area contributed by atoms with Crippen LogP contribution in [0.25, 0.3) is 34.1 Å². The van der Waals surface area contributed by atoms with Crippen LogP contribution in [0.5, 0.6) is 0 Å². The van der Waals surface area contributed by atoms with E-state index in [1.165, 1.54) is 11.8 Å². The van der Waals surface area contributed by atoms with Crippen molar-refractivity contribution in [3.05, 3.63) is 90.0 Å².